The van der Waals surface area contributed by atoms with Gasteiger partial charge in [-0.05, 0) is 36.5 Å². The average molecular weight is 291 g/mol. The molecule has 2 rings (SSSR count). The molecule has 4 nitrogen and oxygen atoms in total. The molecule has 0 spiro atoms. The van der Waals surface area contributed by atoms with E-state index in [9.17, 15) is 0 Å². The maximum atomic E-state index is 5.36. The summed E-state index contributed by atoms with van der Waals surface area (Å²) in [6.07, 6.45) is 1.82. The van der Waals surface area contributed by atoms with Crippen LogP contribution in [0.4, 0.5) is 5.69 Å². The Labute approximate surface area is 126 Å². The molecule has 1 heterocycles. The van der Waals surface area contributed by atoms with Gasteiger partial charge < -0.3 is 19.9 Å². The second-order valence-electron chi connectivity index (χ2n) is 4.65. The second kappa shape index (κ2) is 7.14. The summed E-state index contributed by atoms with van der Waals surface area (Å²) in [5.41, 5.74) is 1.23. The summed E-state index contributed by atoms with van der Waals surface area (Å²) >= 11 is 5.36. The van der Waals surface area contributed by atoms with E-state index in [2.05, 4.69) is 33.8 Å². The van der Waals surface area contributed by atoms with Gasteiger partial charge in [0.1, 0.15) is 5.75 Å². The van der Waals surface area contributed by atoms with Gasteiger partial charge in [0.15, 0.2) is 5.11 Å². The van der Waals surface area contributed by atoms with E-state index in [4.69, 9.17) is 17.0 Å². The van der Waals surface area contributed by atoms with Crippen molar-refractivity contribution in [2.24, 2.45) is 0 Å². The number of nitrogens with zero attached hydrogens (tertiary/aromatic N) is 2. The predicted molar refractivity (Wildman–Crippen MR) is 87.6 cm³/mol. The number of hydrogen-bond donors (Lipinski definition) is 1. The van der Waals surface area contributed by atoms with Crippen LogP contribution in [-0.2, 0) is 0 Å². The van der Waals surface area contributed by atoms with E-state index in [0.29, 0.717) is 0 Å². The third kappa shape index (κ3) is 3.63. The average Bonchev–Trinajstić information content (AvgIpc) is 2.53. The monoisotopic (exact) mass is 291 g/mol. The van der Waals surface area contributed by atoms with Crippen molar-refractivity contribution in [1.29, 1.82) is 0 Å². The first-order valence-electron chi connectivity index (χ1n) is 6.77. The molecule has 1 aromatic carbocycles. The lowest BCUT2D eigenvalue weighted by Crippen LogP contribution is -2.51. The molecule has 0 aliphatic carbocycles. The number of benzene rings is 1. The lowest BCUT2D eigenvalue weighted by atomic mass is 10.2. The highest BCUT2D eigenvalue weighted by Gasteiger charge is 2.18. The Hall–Kier alpha value is -1.75. The van der Waals surface area contributed by atoms with Gasteiger partial charge in [0.25, 0.3) is 0 Å². The lowest BCUT2D eigenvalue weighted by Gasteiger charge is -2.37. The molecule has 0 saturated carbocycles. The minimum Gasteiger partial charge on any atom is -0.497 e. The summed E-state index contributed by atoms with van der Waals surface area (Å²) < 4.78 is 5.18. The number of hydrogen-bond acceptors (Lipinski definition) is 3. The van der Waals surface area contributed by atoms with E-state index in [1.165, 1.54) is 5.69 Å². The number of methoxy groups -OCH3 is 1. The Morgan fingerprint density at radius 2 is 1.95 bits per heavy atom. The largest absolute Gasteiger partial charge is 0.497 e. The number of ether oxygens (including phenoxy) is 1. The molecule has 1 saturated heterocycles. The van der Waals surface area contributed by atoms with Crippen molar-refractivity contribution in [2.45, 2.75) is 0 Å². The Morgan fingerprint density at radius 3 is 2.50 bits per heavy atom. The molecule has 108 valence electrons. The molecule has 20 heavy (non-hydrogen) atoms. The van der Waals surface area contributed by atoms with Crippen LogP contribution in [0.25, 0.3) is 0 Å². The Morgan fingerprint density at radius 1 is 1.30 bits per heavy atom. The van der Waals surface area contributed by atoms with Crippen molar-refractivity contribution >= 4 is 23.0 Å². The van der Waals surface area contributed by atoms with Gasteiger partial charge in [-0.3, -0.25) is 0 Å². The molecule has 5 heteroatoms. The second-order valence-corrected chi connectivity index (χ2v) is 5.03. The zero-order valence-corrected chi connectivity index (χ0v) is 12.7. The molecule has 0 aromatic heterocycles. The van der Waals surface area contributed by atoms with E-state index in [0.717, 1.165) is 43.6 Å². The van der Waals surface area contributed by atoms with Crippen LogP contribution in [0, 0.1) is 0 Å². The van der Waals surface area contributed by atoms with Crippen LogP contribution in [0.1, 0.15) is 0 Å². The highest BCUT2D eigenvalue weighted by Crippen LogP contribution is 2.20. The summed E-state index contributed by atoms with van der Waals surface area (Å²) in [7, 11) is 1.69. The van der Waals surface area contributed by atoms with Gasteiger partial charge in [0, 0.05) is 38.4 Å². The van der Waals surface area contributed by atoms with E-state index < -0.39 is 0 Å². The van der Waals surface area contributed by atoms with Gasteiger partial charge in [-0.15, -0.1) is 6.58 Å². The number of thiocarbonyl (C=S) groups is 1. The fraction of sp³-hybridized carbons (Fsp3) is 0.400. The summed E-state index contributed by atoms with van der Waals surface area (Å²) in [4.78, 5) is 4.57. The van der Waals surface area contributed by atoms with Crippen LogP contribution >= 0.6 is 12.2 Å². The number of anilines is 1. The van der Waals surface area contributed by atoms with Crippen molar-refractivity contribution in [1.82, 2.24) is 10.2 Å². The molecule has 1 N–H and O–H groups in total. The van der Waals surface area contributed by atoms with E-state index in [1.54, 1.807) is 7.11 Å². The van der Waals surface area contributed by atoms with Crippen molar-refractivity contribution in [3.05, 3.63) is 36.9 Å². The third-order valence-electron chi connectivity index (χ3n) is 3.40. The summed E-state index contributed by atoms with van der Waals surface area (Å²) in [5, 5.41) is 3.99. The van der Waals surface area contributed by atoms with Crippen molar-refractivity contribution in [3.8, 4) is 5.75 Å². The molecular weight excluding hydrogens is 270 g/mol. The quantitative estimate of drug-likeness (QED) is 0.675. The predicted octanol–water partition coefficient (Wildman–Crippen LogP) is 1.88. The molecular formula is C15H21N3OS. The molecule has 0 bridgehead atoms. The van der Waals surface area contributed by atoms with Crippen molar-refractivity contribution < 1.29 is 4.74 Å². The topological polar surface area (TPSA) is 27.7 Å². The first-order valence-corrected chi connectivity index (χ1v) is 7.18. The van der Waals surface area contributed by atoms with Gasteiger partial charge in [-0.2, -0.15) is 0 Å². The molecule has 1 aliphatic heterocycles. The maximum Gasteiger partial charge on any atom is 0.169 e. The van der Waals surface area contributed by atoms with Crippen LogP contribution < -0.4 is 15.0 Å². The van der Waals surface area contributed by atoms with Crippen LogP contribution in [0.5, 0.6) is 5.75 Å². The fourth-order valence-corrected chi connectivity index (χ4v) is 2.50. The summed E-state index contributed by atoms with van der Waals surface area (Å²) in [6.45, 7) is 8.23. The van der Waals surface area contributed by atoms with Crippen LogP contribution in [0.15, 0.2) is 36.9 Å². The SMILES string of the molecule is C=CCNC(=S)N1CCN(c2ccc(OC)cc2)CC1. The van der Waals surface area contributed by atoms with Gasteiger partial charge in [-0.1, -0.05) is 6.08 Å². The standard InChI is InChI=1S/C15H21N3OS/c1-3-8-16-15(20)18-11-9-17(10-12-18)13-4-6-14(19-2)7-5-13/h3-7H,1,8-12H2,2H3,(H,16,20). The minimum atomic E-state index is 0.720. The van der Waals surface area contributed by atoms with Gasteiger partial charge in [-0.25, -0.2) is 0 Å². The zero-order chi connectivity index (χ0) is 14.4. The Balaban J connectivity index is 1.86. The molecule has 0 radical (unpaired) electrons. The fourth-order valence-electron chi connectivity index (χ4n) is 2.23. The number of piperazine rings is 1. The Bertz CT molecular complexity index is 453. The highest BCUT2D eigenvalue weighted by atomic mass is 32.1. The molecule has 1 aliphatic rings. The van der Waals surface area contributed by atoms with Crippen LogP contribution in [-0.4, -0.2) is 49.8 Å². The lowest BCUT2D eigenvalue weighted by molar-refractivity contribution is 0.381. The van der Waals surface area contributed by atoms with E-state index in [-0.39, 0.29) is 0 Å². The summed E-state index contributed by atoms with van der Waals surface area (Å²) in [5.74, 6) is 0.891. The van der Waals surface area contributed by atoms with Gasteiger partial charge in [0.05, 0.1) is 7.11 Å². The highest BCUT2D eigenvalue weighted by molar-refractivity contribution is 7.80. The first-order chi connectivity index (χ1) is 9.74. The van der Waals surface area contributed by atoms with E-state index in [1.807, 2.05) is 18.2 Å². The van der Waals surface area contributed by atoms with Crippen molar-refractivity contribution in [2.75, 3.05) is 44.7 Å². The summed E-state index contributed by atoms with van der Waals surface area (Å²) in [6, 6.07) is 8.20. The minimum absolute atomic E-state index is 0.720. The molecule has 1 fully saturated rings. The van der Waals surface area contributed by atoms with Crippen molar-refractivity contribution in [3.63, 3.8) is 0 Å². The molecule has 0 unspecified atom stereocenters. The number of nitrogens with one attached hydrogen (secondary N) is 1. The van der Waals surface area contributed by atoms with Crippen LogP contribution in [0.2, 0.25) is 0 Å². The molecule has 1 aromatic rings. The molecule has 0 amide bonds. The van der Waals surface area contributed by atoms with Gasteiger partial charge in [0.2, 0.25) is 0 Å². The smallest absolute Gasteiger partial charge is 0.169 e. The zero-order valence-electron chi connectivity index (χ0n) is 11.8. The normalized spacial score (nSPS) is 14.8. The van der Waals surface area contributed by atoms with Crippen LogP contribution in [0.3, 0.4) is 0 Å². The van der Waals surface area contributed by atoms with Gasteiger partial charge >= 0.3 is 0 Å². The maximum absolute atomic E-state index is 5.36. The van der Waals surface area contributed by atoms with E-state index >= 15 is 0 Å². The first kappa shape index (κ1) is 14.7. The molecule has 0 atom stereocenters. The third-order valence-corrected chi connectivity index (χ3v) is 3.80. The number of rotatable bonds is 4. The Kier molecular flexibility index (Phi) is 5.24.